The molecule has 0 spiro atoms. The van der Waals surface area contributed by atoms with Crippen molar-refractivity contribution in [2.24, 2.45) is 35.3 Å². The predicted octanol–water partition coefficient (Wildman–Crippen LogP) is 1.46. The molecule has 2 N–H and O–H groups in total. The van der Waals surface area contributed by atoms with Crippen LogP contribution in [0.2, 0.25) is 0 Å². The van der Waals surface area contributed by atoms with Crippen LogP contribution in [0.25, 0.3) is 0 Å². The zero-order chi connectivity index (χ0) is 12.3. The molecule has 18 heavy (non-hydrogen) atoms. The first-order valence-corrected chi connectivity index (χ1v) is 7.42. The van der Waals surface area contributed by atoms with Crippen molar-refractivity contribution in [3.63, 3.8) is 0 Å². The van der Waals surface area contributed by atoms with E-state index in [0.29, 0.717) is 6.04 Å². The summed E-state index contributed by atoms with van der Waals surface area (Å²) in [5.74, 6) is 5.83. The number of aromatic nitrogens is 3. The predicted molar refractivity (Wildman–Crippen MR) is 68.7 cm³/mol. The Labute approximate surface area is 108 Å². The fourth-order valence-electron chi connectivity index (χ4n) is 5.02. The fraction of sp³-hybridized carbons (Fsp3) is 0.857. The zero-order valence-electron chi connectivity index (χ0n) is 11.0. The molecule has 0 amide bonds. The van der Waals surface area contributed by atoms with Crippen LogP contribution in [0.5, 0.6) is 0 Å². The molecule has 98 valence electrons. The molecule has 3 fully saturated rings. The van der Waals surface area contributed by atoms with Gasteiger partial charge in [-0.2, -0.15) is 5.10 Å². The molecule has 1 aromatic heterocycles. The Hall–Kier alpha value is -0.900. The monoisotopic (exact) mass is 246 g/mol. The van der Waals surface area contributed by atoms with Gasteiger partial charge in [-0.1, -0.05) is 0 Å². The summed E-state index contributed by atoms with van der Waals surface area (Å²) in [6.07, 6.45) is 7.01. The third-order valence-electron chi connectivity index (χ3n) is 5.70. The van der Waals surface area contributed by atoms with E-state index in [2.05, 4.69) is 17.0 Å². The van der Waals surface area contributed by atoms with Gasteiger partial charge in [0.1, 0.15) is 12.2 Å². The average Bonchev–Trinajstić information content (AvgIpc) is 2.73. The third kappa shape index (κ3) is 1.41. The lowest BCUT2D eigenvalue weighted by Crippen LogP contribution is -2.30. The van der Waals surface area contributed by atoms with Crippen molar-refractivity contribution in [2.75, 3.05) is 0 Å². The van der Waals surface area contributed by atoms with Crippen LogP contribution in [0.1, 0.15) is 32.0 Å². The summed E-state index contributed by atoms with van der Waals surface area (Å²) in [6.45, 7) is 3.00. The molecule has 4 nitrogen and oxygen atoms in total. The van der Waals surface area contributed by atoms with E-state index in [1.54, 1.807) is 6.33 Å². The number of hydrogen-bond donors (Lipinski definition) is 1. The van der Waals surface area contributed by atoms with Crippen molar-refractivity contribution >= 4 is 0 Å². The summed E-state index contributed by atoms with van der Waals surface area (Å²) in [6, 6.07) is 0.304. The molecular formula is C14H22N4. The second-order valence-electron chi connectivity index (χ2n) is 6.43. The van der Waals surface area contributed by atoms with Crippen LogP contribution in [0.15, 0.2) is 6.33 Å². The molecule has 1 aromatic rings. The molecule has 5 atom stereocenters. The van der Waals surface area contributed by atoms with Crippen molar-refractivity contribution in [1.29, 1.82) is 0 Å². The van der Waals surface area contributed by atoms with Crippen LogP contribution < -0.4 is 5.73 Å². The van der Waals surface area contributed by atoms with Crippen molar-refractivity contribution in [3.8, 4) is 0 Å². The van der Waals surface area contributed by atoms with Gasteiger partial charge in [0.05, 0.1) is 0 Å². The number of aryl methyl sites for hydroxylation is 1. The molecule has 0 radical (unpaired) electrons. The van der Waals surface area contributed by atoms with E-state index in [9.17, 15) is 0 Å². The Morgan fingerprint density at radius 2 is 2.11 bits per heavy atom. The minimum Gasteiger partial charge on any atom is -0.327 e. The highest BCUT2D eigenvalue weighted by atomic mass is 15.3. The number of fused-ring (bicyclic) bond motifs is 5. The Morgan fingerprint density at radius 1 is 1.39 bits per heavy atom. The molecule has 0 aliphatic heterocycles. The average molecular weight is 246 g/mol. The normalized spacial score (nSPS) is 42.0. The Morgan fingerprint density at radius 3 is 2.78 bits per heavy atom. The minimum atomic E-state index is 0.304. The van der Waals surface area contributed by atoms with Crippen LogP contribution in [-0.2, 0) is 13.0 Å². The van der Waals surface area contributed by atoms with Gasteiger partial charge < -0.3 is 5.73 Å². The Kier molecular flexibility index (Phi) is 2.31. The zero-order valence-corrected chi connectivity index (χ0v) is 11.0. The topological polar surface area (TPSA) is 56.7 Å². The molecular weight excluding hydrogens is 224 g/mol. The molecule has 5 unspecified atom stereocenters. The molecule has 3 aliphatic carbocycles. The van der Waals surface area contributed by atoms with E-state index in [1.807, 2.05) is 4.68 Å². The summed E-state index contributed by atoms with van der Waals surface area (Å²) in [7, 11) is 0. The van der Waals surface area contributed by atoms with Gasteiger partial charge in [0, 0.05) is 19.0 Å². The molecule has 1 heterocycles. The summed E-state index contributed by atoms with van der Waals surface area (Å²) >= 11 is 0. The van der Waals surface area contributed by atoms with Crippen molar-refractivity contribution in [2.45, 2.75) is 45.2 Å². The van der Waals surface area contributed by atoms with E-state index in [4.69, 9.17) is 5.73 Å². The van der Waals surface area contributed by atoms with E-state index < -0.39 is 0 Å². The third-order valence-corrected chi connectivity index (χ3v) is 5.70. The second-order valence-corrected chi connectivity index (χ2v) is 6.43. The molecule has 4 rings (SSSR count). The molecule has 3 saturated carbocycles. The lowest BCUT2D eigenvalue weighted by Gasteiger charge is -2.15. The number of hydrogen-bond acceptors (Lipinski definition) is 3. The first-order chi connectivity index (χ1) is 8.79. The van der Waals surface area contributed by atoms with E-state index in [0.717, 1.165) is 48.4 Å². The molecule has 0 aromatic carbocycles. The van der Waals surface area contributed by atoms with Crippen LogP contribution in [0, 0.1) is 29.6 Å². The molecule has 0 saturated heterocycles. The standard InChI is InChI=1S/C14H22N4/c1-2-18-11(16-7-17-18)6-10(15)14-12-8-3-4-9(5-8)13(12)14/h7-10,12-14H,2-6,15H2,1H3. The van der Waals surface area contributed by atoms with E-state index in [-0.39, 0.29) is 0 Å². The van der Waals surface area contributed by atoms with Gasteiger partial charge in [0.25, 0.3) is 0 Å². The maximum absolute atomic E-state index is 6.46. The SMILES string of the molecule is CCn1ncnc1CC(N)C1C2C3CCC(C3)C12. The molecule has 3 aliphatic rings. The Balaban J connectivity index is 1.45. The van der Waals surface area contributed by atoms with Gasteiger partial charge in [-0.05, 0) is 55.8 Å². The number of nitrogens with zero attached hydrogens (tertiary/aromatic N) is 3. The highest BCUT2D eigenvalue weighted by Crippen LogP contribution is 2.70. The van der Waals surface area contributed by atoms with Crippen molar-refractivity contribution in [1.82, 2.24) is 14.8 Å². The first-order valence-electron chi connectivity index (χ1n) is 7.42. The summed E-state index contributed by atoms with van der Waals surface area (Å²) in [5, 5.41) is 4.23. The van der Waals surface area contributed by atoms with Crippen LogP contribution in [-0.4, -0.2) is 20.8 Å². The van der Waals surface area contributed by atoms with E-state index in [1.165, 1.54) is 19.3 Å². The lowest BCUT2D eigenvalue weighted by atomic mass is 9.96. The summed E-state index contributed by atoms with van der Waals surface area (Å²) in [4.78, 5) is 4.36. The van der Waals surface area contributed by atoms with Crippen molar-refractivity contribution in [3.05, 3.63) is 12.2 Å². The summed E-state index contributed by atoms with van der Waals surface area (Å²) in [5.41, 5.74) is 6.46. The summed E-state index contributed by atoms with van der Waals surface area (Å²) < 4.78 is 1.98. The van der Waals surface area contributed by atoms with Gasteiger partial charge in [-0.15, -0.1) is 0 Å². The Bertz CT molecular complexity index is 438. The lowest BCUT2D eigenvalue weighted by molar-refractivity contribution is 0.402. The van der Waals surface area contributed by atoms with Gasteiger partial charge in [0.2, 0.25) is 0 Å². The highest BCUT2D eigenvalue weighted by molar-refractivity contribution is 5.16. The smallest absolute Gasteiger partial charge is 0.138 e. The van der Waals surface area contributed by atoms with Gasteiger partial charge in [-0.25, -0.2) is 4.98 Å². The molecule has 4 heteroatoms. The first kappa shape index (κ1) is 11.0. The van der Waals surface area contributed by atoms with Crippen molar-refractivity contribution < 1.29 is 0 Å². The maximum Gasteiger partial charge on any atom is 0.138 e. The highest BCUT2D eigenvalue weighted by Gasteiger charge is 2.66. The van der Waals surface area contributed by atoms with Gasteiger partial charge in [0.15, 0.2) is 0 Å². The van der Waals surface area contributed by atoms with Crippen LogP contribution >= 0.6 is 0 Å². The largest absolute Gasteiger partial charge is 0.327 e. The molecule has 2 bridgehead atoms. The van der Waals surface area contributed by atoms with Crippen LogP contribution in [0.3, 0.4) is 0 Å². The van der Waals surface area contributed by atoms with Crippen LogP contribution in [0.4, 0.5) is 0 Å². The quantitative estimate of drug-likeness (QED) is 0.875. The number of rotatable bonds is 4. The van der Waals surface area contributed by atoms with E-state index >= 15 is 0 Å². The van der Waals surface area contributed by atoms with Gasteiger partial charge >= 0.3 is 0 Å². The second kappa shape index (κ2) is 3.80. The maximum atomic E-state index is 6.46. The fourth-order valence-corrected chi connectivity index (χ4v) is 5.02. The number of nitrogens with two attached hydrogens (primary N) is 1. The minimum absolute atomic E-state index is 0.304. The van der Waals surface area contributed by atoms with Gasteiger partial charge in [-0.3, -0.25) is 4.68 Å².